The second-order valence-corrected chi connectivity index (χ2v) is 6.88. The molecule has 3 nitrogen and oxygen atoms in total. The molecule has 0 saturated carbocycles. The maximum atomic E-state index is 3.69. The third kappa shape index (κ3) is 4.58. The van der Waals surface area contributed by atoms with Crippen molar-refractivity contribution >= 4 is 0 Å². The van der Waals surface area contributed by atoms with Crippen LogP contribution in [0.2, 0.25) is 0 Å². The van der Waals surface area contributed by atoms with Gasteiger partial charge in [-0.05, 0) is 39.9 Å². The number of nitrogens with zero attached hydrogens (tertiary/aromatic N) is 2. The van der Waals surface area contributed by atoms with Crippen LogP contribution < -0.4 is 5.32 Å². The van der Waals surface area contributed by atoms with Crippen LogP contribution in [0.4, 0.5) is 0 Å². The zero-order chi connectivity index (χ0) is 14.6. The first kappa shape index (κ1) is 15.5. The van der Waals surface area contributed by atoms with Crippen LogP contribution in [0.1, 0.15) is 19.4 Å². The molecule has 1 aromatic rings. The van der Waals surface area contributed by atoms with Crippen LogP contribution in [0.25, 0.3) is 0 Å². The van der Waals surface area contributed by atoms with Gasteiger partial charge in [0.1, 0.15) is 0 Å². The molecule has 1 heterocycles. The Morgan fingerprint density at radius 2 is 1.95 bits per heavy atom. The van der Waals surface area contributed by atoms with Crippen LogP contribution in [0.3, 0.4) is 0 Å². The Hall–Kier alpha value is -0.900. The lowest BCUT2D eigenvalue weighted by Gasteiger charge is -2.45. The fourth-order valence-corrected chi connectivity index (χ4v) is 2.89. The summed E-state index contributed by atoms with van der Waals surface area (Å²) in [6.45, 7) is 9.08. The summed E-state index contributed by atoms with van der Waals surface area (Å²) in [5.74, 6) is 0. The van der Waals surface area contributed by atoms with E-state index >= 15 is 0 Å². The molecule has 112 valence electrons. The van der Waals surface area contributed by atoms with E-state index in [2.05, 4.69) is 73.4 Å². The average Bonchev–Trinajstić information content (AvgIpc) is 2.40. The second kappa shape index (κ2) is 6.70. The van der Waals surface area contributed by atoms with Crippen LogP contribution in [-0.4, -0.2) is 61.7 Å². The Bertz CT molecular complexity index is 400. The van der Waals surface area contributed by atoms with Gasteiger partial charge in [-0.15, -0.1) is 0 Å². The number of hydrogen-bond donors (Lipinski definition) is 1. The molecular weight excluding hydrogens is 246 g/mol. The maximum absolute atomic E-state index is 3.69. The summed E-state index contributed by atoms with van der Waals surface area (Å²) < 4.78 is 0. The van der Waals surface area contributed by atoms with Crippen molar-refractivity contribution in [1.29, 1.82) is 0 Å². The number of hydrogen-bond acceptors (Lipinski definition) is 3. The molecule has 20 heavy (non-hydrogen) atoms. The minimum Gasteiger partial charge on any atom is -0.309 e. The van der Waals surface area contributed by atoms with E-state index in [0.29, 0.717) is 6.04 Å². The van der Waals surface area contributed by atoms with Crippen LogP contribution in [0.5, 0.6) is 0 Å². The lowest BCUT2D eigenvalue weighted by Crippen LogP contribution is -2.62. The predicted molar refractivity (Wildman–Crippen MR) is 86.1 cm³/mol. The molecule has 1 aliphatic heterocycles. The van der Waals surface area contributed by atoms with Crippen LogP contribution in [-0.2, 0) is 6.42 Å². The fraction of sp³-hybridized carbons (Fsp3) is 0.647. The number of rotatable bonds is 5. The van der Waals surface area contributed by atoms with Gasteiger partial charge in [-0.2, -0.15) is 0 Å². The first-order valence-electron chi connectivity index (χ1n) is 7.64. The maximum Gasteiger partial charge on any atom is 0.0262 e. The number of nitrogens with one attached hydrogen (secondary N) is 1. The summed E-state index contributed by atoms with van der Waals surface area (Å²) in [6.07, 6.45) is 1.14. The first-order chi connectivity index (χ1) is 9.46. The highest BCUT2D eigenvalue weighted by atomic mass is 15.3. The molecule has 1 atom stereocenters. The molecule has 0 aromatic heterocycles. The Morgan fingerprint density at radius 3 is 2.60 bits per heavy atom. The third-order valence-electron chi connectivity index (χ3n) is 4.08. The highest BCUT2D eigenvalue weighted by molar-refractivity contribution is 5.16. The van der Waals surface area contributed by atoms with Crippen molar-refractivity contribution in [2.24, 2.45) is 0 Å². The van der Waals surface area contributed by atoms with Crippen molar-refractivity contribution in [3.05, 3.63) is 35.9 Å². The summed E-state index contributed by atoms with van der Waals surface area (Å²) in [5.41, 5.74) is 1.66. The minimum atomic E-state index is 0.222. The first-order valence-corrected chi connectivity index (χ1v) is 7.64. The molecule has 1 fully saturated rings. The van der Waals surface area contributed by atoms with Gasteiger partial charge in [0.25, 0.3) is 0 Å². The van der Waals surface area contributed by atoms with Gasteiger partial charge in [-0.3, -0.25) is 4.90 Å². The van der Waals surface area contributed by atoms with Crippen molar-refractivity contribution in [2.75, 3.05) is 40.3 Å². The average molecular weight is 275 g/mol. The quantitative estimate of drug-likeness (QED) is 0.885. The van der Waals surface area contributed by atoms with Crippen molar-refractivity contribution < 1.29 is 0 Å². The molecular formula is C17H29N3. The number of likely N-dealkylation sites (N-methyl/N-ethyl adjacent to an activating group) is 1. The lowest BCUT2D eigenvalue weighted by atomic mass is 9.95. The smallest absolute Gasteiger partial charge is 0.0262 e. The van der Waals surface area contributed by atoms with Crippen molar-refractivity contribution in [2.45, 2.75) is 31.8 Å². The zero-order valence-electron chi connectivity index (χ0n) is 13.4. The van der Waals surface area contributed by atoms with Gasteiger partial charge in [-0.1, -0.05) is 30.3 Å². The van der Waals surface area contributed by atoms with E-state index in [0.717, 1.165) is 32.6 Å². The van der Waals surface area contributed by atoms with Gasteiger partial charge in [0.05, 0.1) is 0 Å². The summed E-state index contributed by atoms with van der Waals surface area (Å²) in [5, 5.41) is 3.69. The monoisotopic (exact) mass is 275 g/mol. The van der Waals surface area contributed by atoms with E-state index in [1.165, 1.54) is 5.56 Å². The molecule has 1 N–H and O–H groups in total. The number of benzene rings is 1. The molecule has 1 unspecified atom stereocenters. The van der Waals surface area contributed by atoms with Gasteiger partial charge < -0.3 is 10.2 Å². The van der Waals surface area contributed by atoms with E-state index in [1.54, 1.807) is 0 Å². The standard InChI is InChI=1S/C17H29N3/c1-17(2)14-20(11-10-19(3)4)16(13-18-17)12-15-8-6-5-7-9-15/h5-9,16,18H,10-14H2,1-4H3. The SMILES string of the molecule is CN(C)CCN1CC(C)(C)NCC1Cc1ccccc1. The van der Waals surface area contributed by atoms with E-state index in [4.69, 9.17) is 0 Å². The molecule has 0 amide bonds. The molecule has 0 radical (unpaired) electrons. The summed E-state index contributed by atoms with van der Waals surface area (Å²) in [4.78, 5) is 4.93. The van der Waals surface area contributed by atoms with Gasteiger partial charge in [-0.25, -0.2) is 0 Å². The highest BCUT2D eigenvalue weighted by Crippen LogP contribution is 2.18. The van der Waals surface area contributed by atoms with Gasteiger partial charge in [0.15, 0.2) is 0 Å². The van der Waals surface area contributed by atoms with E-state index in [9.17, 15) is 0 Å². The lowest BCUT2D eigenvalue weighted by molar-refractivity contribution is 0.0881. The van der Waals surface area contributed by atoms with Crippen LogP contribution in [0.15, 0.2) is 30.3 Å². The summed E-state index contributed by atoms with van der Waals surface area (Å²) in [6, 6.07) is 11.5. The van der Waals surface area contributed by atoms with Gasteiger partial charge in [0.2, 0.25) is 0 Å². The molecule has 2 rings (SSSR count). The summed E-state index contributed by atoms with van der Waals surface area (Å²) in [7, 11) is 4.30. The third-order valence-corrected chi connectivity index (χ3v) is 4.08. The van der Waals surface area contributed by atoms with Crippen molar-refractivity contribution in [1.82, 2.24) is 15.1 Å². The van der Waals surface area contributed by atoms with Gasteiger partial charge >= 0.3 is 0 Å². The second-order valence-electron chi connectivity index (χ2n) is 6.88. The molecule has 0 spiro atoms. The number of piperazine rings is 1. The van der Waals surface area contributed by atoms with Crippen molar-refractivity contribution in [3.8, 4) is 0 Å². The molecule has 0 aliphatic carbocycles. The van der Waals surface area contributed by atoms with E-state index < -0.39 is 0 Å². The predicted octanol–water partition coefficient (Wildman–Crippen LogP) is 1.84. The van der Waals surface area contributed by atoms with Crippen LogP contribution in [0, 0.1) is 0 Å². The zero-order valence-corrected chi connectivity index (χ0v) is 13.4. The molecule has 0 bridgehead atoms. The molecule has 3 heteroatoms. The van der Waals surface area contributed by atoms with Crippen molar-refractivity contribution in [3.63, 3.8) is 0 Å². The molecule has 1 saturated heterocycles. The Labute approximate surface area is 124 Å². The Kier molecular flexibility index (Phi) is 5.19. The normalized spacial score (nSPS) is 23.1. The summed E-state index contributed by atoms with van der Waals surface area (Å²) >= 11 is 0. The topological polar surface area (TPSA) is 18.5 Å². The Balaban J connectivity index is 2.00. The fourth-order valence-electron chi connectivity index (χ4n) is 2.89. The van der Waals surface area contributed by atoms with E-state index in [-0.39, 0.29) is 5.54 Å². The van der Waals surface area contributed by atoms with Gasteiger partial charge in [0, 0.05) is 37.8 Å². The van der Waals surface area contributed by atoms with E-state index in [1.807, 2.05) is 0 Å². The largest absolute Gasteiger partial charge is 0.309 e. The molecule has 1 aromatic carbocycles. The highest BCUT2D eigenvalue weighted by Gasteiger charge is 2.32. The van der Waals surface area contributed by atoms with Crippen LogP contribution >= 0.6 is 0 Å². The minimum absolute atomic E-state index is 0.222. The Morgan fingerprint density at radius 1 is 1.25 bits per heavy atom. The molecule has 1 aliphatic rings.